The minimum absolute atomic E-state index is 0.0917. The van der Waals surface area contributed by atoms with Gasteiger partial charge in [0.1, 0.15) is 6.04 Å². The first-order valence-corrected chi connectivity index (χ1v) is 6.80. The molecule has 2 saturated carbocycles. The van der Waals surface area contributed by atoms with Crippen LogP contribution in [0, 0.1) is 5.41 Å². The van der Waals surface area contributed by atoms with Crippen LogP contribution in [0.15, 0.2) is 0 Å². The van der Waals surface area contributed by atoms with Gasteiger partial charge < -0.3 is 16.4 Å². The molecule has 0 bridgehead atoms. The van der Waals surface area contributed by atoms with Crippen molar-refractivity contribution in [3.05, 3.63) is 0 Å². The maximum Gasteiger partial charge on any atom is 0.242 e. The van der Waals surface area contributed by atoms with Crippen molar-refractivity contribution < 1.29 is 9.59 Å². The summed E-state index contributed by atoms with van der Waals surface area (Å²) in [4.78, 5) is 24.0. The number of hydrogen-bond donors (Lipinski definition) is 3. The lowest BCUT2D eigenvalue weighted by atomic mass is 9.84. The zero-order chi connectivity index (χ0) is 13.3. The Kier molecular flexibility index (Phi) is 3.61. The SMILES string of the molecule is CC(NC(=O)C1(C)CCCC1N)C(=O)NC1CC1. The number of rotatable bonds is 4. The molecule has 0 aromatic heterocycles. The van der Waals surface area contributed by atoms with Gasteiger partial charge in [-0.2, -0.15) is 0 Å². The van der Waals surface area contributed by atoms with Crippen LogP contribution in [0.4, 0.5) is 0 Å². The molecule has 0 aromatic rings. The van der Waals surface area contributed by atoms with E-state index in [4.69, 9.17) is 5.73 Å². The summed E-state index contributed by atoms with van der Waals surface area (Å²) in [5, 5.41) is 5.68. The lowest BCUT2D eigenvalue weighted by Gasteiger charge is -2.29. The van der Waals surface area contributed by atoms with Crippen molar-refractivity contribution in [2.45, 2.75) is 64.1 Å². The first kappa shape index (κ1) is 13.3. The largest absolute Gasteiger partial charge is 0.352 e. The summed E-state index contributed by atoms with van der Waals surface area (Å²) < 4.78 is 0. The number of amides is 2. The van der Waals surface area contributed by atoms with Gasteiger partial charge in [0.25, 0.3) is 0 Å². The standard InChI is InChI=1S/C13H23N3O2/c1-8(11(17)16-9-5-6-9)15-12(18)13(2)7-3-4-10(13)14/h8-10H,3-7,14H2,1-2H3,(H,15,18)(H,16,17). The minimum atomic E-state index is -0.520. The van der Waals surface area contributed by atoms with Gasteiger partial charge in [-0.25, -0.2) is 0 Å². The lowest BCUT2D eigenvalue weighted by Crippen LogP contribution is -2.53. The highest BCUT2D eigenvalue weighted by molar-refractivity contribution is 5.90. The van der Waals surface area contributed by atoms with Crippen LogP contribution in [0.1, 0.15) is 46.0 Å². The third-order valence-electron chi connectivity index (χ3n) is 4.21. The zero-order valence-electron chi connectivity index (χ0n) is 11.2. The molecule has 4 N–H and O–H groups in total. The summed E-state index contributed by atoms with van der Waals surface area (Å²) in [6, 6.07) is -0.264. The third kappa shape index (κ3) is 2.66. The Morgan fingerprint density at radius 3 is 2.50 bits per heavy atom. The molecular weight excluding hydrogens is 230 g/mol. The second-order valence-corrected chi connectivity index (χ2v) is 5.89. The van der Waals surface area contributed by atoms with Crippen molar-refractivity contribution in [1.82, 2.24) is 10.6 Å². The molecule has 5 heteroatoms. The Morgan fingerprint density at radius 1 is 1.33 bits per heavy atom. The van der Waals surface area contributed by atoms with E-state index in [-0.39, 0.29) is 17.9 Å². The summed E-state index contributed by atoms with van der Waals surface area (Å²) >= 11 is 0. The fourth-order valence-electron chi connectivity index (χ4n) is 2.46. The van der Waals surface area contributed by atoms with Crippen LogP contribution in [0.3, 0.4) is 0 Å². The molecule has 2 aliphatic carbocycles. The van der Waals surface area contributed by atoms with Crippen LogP contribution in [0.25, 0.3) is 0 Å². The number of nitrogens with one attached hydrogen (secondary N) is 2. The molecule has 3 atom stereocenters. The minimum Gasteiger partial charge on any atom is -0.352 e. The van der Waals surface area contributed by atoms with Crippen LogP contribution in [0.5, 0.6) is 0 Å². The van der Waals surface area contributed by atoms with Gasteiger partial charge in [0.15, 0.2) is 0 Å². The van der Waals surface area contributed by atoms with Crippen molar-refractivity contribution in [1.29, 1.82) is 0 Å². The zero-order valence-corrected chi connectivity index (χ0v) is 11.2. The Morgan fingerprint density at radius 2 is 2.00 bits per heavy atom. The Balaban J connectivity index is 1.87. The normalized spacial score (nSPS) is 32.9. The Hall–Kier alpha value is -1.10. The first-order chi connectivity index (χ1) is 8.43. The van der Waals surface area contributed by atoms with Crippen molar-refractivity contribution >= 4 is 11.8 Å². The summed E-state index contributed by atoms with van der Waals surface area (Å²) in [5.41, 5.74) is 5.48. The van der Waals surface area contributed by atoms with Crippen molar-refractivity contribution in [2.75, 3.05) is 0 Å². The molecule has 0 aromatic carbocycles. The molecule has 18 heavy (non-hydrogen) atoms. The van der Waals surface area contributed by atoms with E-state index in [0.717, 1.165) is 32.1 Å². The maximum atomic E-state index is 12.2. The summed E-state index contributed by atoms with van der Waals surface area (Å²) in [5.74, 6) is -0.188. The molecule has 0 spiro atoms. The molecule has 102 valence electrons. The van der Waals surface area contributed by atoms with E-state index in [9.17, 15) is 9.59 Å². The van der Waals surface area contributed by atoms with Gasteiger partial charge in [-0.15, -0.1) is 0 Å². The Labute approximate surface area is 108 Å². The molecule has 0 heterocycles. The Bertz CT molecular complexity index is 354. The molecule has 2 fully saturated rings. The highest BCUT2D eigenvalue weighted by Gasteiger charge is 2.43. The summed E-state index contributed by atoms with van der Waals surface area (Å²) in [6.07, 6.45) is 4.77. The molecule has 0 radical (unpaired) electrons. The average Bonchev–Trinajstić information content (AvgIpc) is 3.05. The van der Waals surface area contributed by atoms with Gasteiger partial charge in [-0.3, -0.25) is 9.59 Å². The van der Waals surface area contributed by atoms with E-state index in [1.54, 1.807) is 6.92 Å². The van der Waals surface area contributed by atoms with Crippen LogP contribution in [0.2, 0.25) is 0 Å². The van der Waals surface area contributed by atoms with E-state index in [2.05, 4.69) is 10.6 Å². The molecule has 2 rings (SSSR count). The van der Waals surface area contributed by atoms with Gasteiger partial charge in [0, 0.05) is 12.1 Å². The van der Waals surface area contributed by atoms with Gasteiger partial charge in [0.2, 0.25) is 11.8 Å². The van der Waals surface area contributed by atoms with Crippen LogP contribution in [-0.4, -0.2) is 29.9 Å². The number of hydrogen-bond acceptors (Lipinski definition) is 3. The van der Waals surface area contributed by atoms with Crippen molar-refractivity contribution in [3.8, 4) is 0 Å². The second-order valence-electron chi connectivity index (χ2n) is 5.89. The van der Waals surface area contributed by atoms with E-state index in [1.165, 1.54) is 0 Å². The summed E-state index contributed by atoms with van der Waals surface area (Å²) in [7, 11) is 0. The van der Waals surface area contributed by atoms with E-state index in [1.807, 2.05) is 6.92 Å². The van der Waals surface area contributed by atoms with E-state index in [0.29, 0.717) is 6.04 Å². The van der Waals surface area contributed by atoms with Crippen LogP contribution < -0.4 is 16.4 Å². The fourth-order valence-corrected chi connectivity index (χ4v) is 2.46. The summed E-state index contributed by atoms with van der Waals surface area (Å²) in [6.45, 7) is 3.62. The fraction of sp³-hybridized carbons (Fsp3) is 0.846. The molecule has 2 amide bonds. The predicted molar refractivity (Wildman–Crippen MR) is 68.7 cm³/mol. The molecular formula is C13H23N3O2. The highest BCUT2D eigenvalue weighted by atomic mass is 16.2. The van der Waals surface area contributed by atoms with Crippen LogP contribution in [-0.2, 0) is 9.59 Å². The smallest absolute Gasteiger partial charge is 0.242 e. The van der Waals surface area contributed by atoms with Gasteiger partial charge in [-0.05, 0) is 39.5 Å². The van der Waals surface area contributed by atoms with Gasteiger partial charge in [-0.1, -0.05) is 6.42 Å². The van der Waals surface area contributed by atoms with Crippen molar-refractivity contribution in [2.24, 2.45) is 11.1 Å². The lowest BCUT2D eigenvalue weighted by molar-refractivity contribution is -0.134. The second kappa shape index (κ2) is 4.88. The number of carbonyl (C=O) groups is 2. The number of carbonyl (C=O) groups excluding carboxylic acids is 2. The molecule has 2 aliphatic rings. The van der Waals surface area contributed by atoms with E-state index >= 15 is 0 Å². The van der Waals surface area contributed by atoms with Gasteiger partial charge in [0.05, 0.1) is 5.41 Å². The quantitative estimate of drug-likeness (QED) is 0.673. The maximum absolute atomic E-state index is 12.2. The van der Waals surface area contributed by atoms with E-state index < -0.39 is 11.5 Å². The number of nitrogens with two attached hydrogens (primary N) is 1. The molecule has 0 saturated heterocycles. The molecule has 3 unspecified atom stereocenters. The topological polar surface area (TPSA) is 84.2 Å². The first-order valence-electron chi connectivity index (χ1n) is 6.80. The third-order valence-corrected chi connectivity index (χ3v) is 4.21. The monoisotopic (exact) mass is 253 g/mol. The average molecular weight is 253 g/mol. The molecule has 5 nitrogen and oxygen atoms in total. The predicted octanol–water partition coefficient (Wildman–Crippen LogP) is 0.287. The van der Waals surface area contributed by atoms with Gasteiger partial charge >= 0.3 is 0 Å². The highest BCUT2D eigenvalue weighted by Crippen LogP contribution is 2.36. The van der Waals surface area contributed by atoms with Crippen molar-refractivity contribution in [3.63, 3.8) is 0 Å². The van der Waals surface area contributed by atoms with Crippen LogP contribution >= 0.6 is 0 Å². The molecule has 0 aliphatic heterocycles.